The molecule has 0 atom stereocenters. The van der Waals surface area contributed by atoms with Gasteiger partial charge in [0.15, 0.2) is 0 Å². The highest BCUT2D eigenvalue weighted by Crippen LogP contribution is 2.47. The van der Waals surface area contributed by atoms with Gasteiger partial charge in [0, 0.05) is 0 Å². The van der Waals surface area contributed by atoms with E-state index in [1.807, 2.05) is 12.2 Å². The van der Waals surface area contributed by atoms with Crippen LogP contribution < -0.4 is 0 Å². The maximum Gasteiger partial charge on any atom is 0.323 e. The number of hydrogen-bond donors (Lipinski definition) is 1. The molecule has 0 unspecified atom stereocenters. The number of allylic oxidation sites excluding steroid dienone is 9. The molecule has 0 aromatic carbocycles. The zero-order chi connectivity index (χ0) is 23.0. The zero-order valence-electron chi connectivity index (χ0n) is 18.9. The molecule has 0 aromatic rings. The third-order valence-electron chi connectivity index (χ3n) is 6.26. The van der Waals surface area contributed by atoms with E-state index in [1.165, 1.54) is 37.7 Å². The molecule has 31 heavy (non-hydrogen) atoms. The number of thiocarbonyl (C=S) groups is 1. The van der Waals surface area contributed by atoms with Crippen LogP contribution in [0.5, 0.6) is 0 Å². The summed E-state index contributed by atoms with van der Waals surface area (Å²) in [5, 5.41) is 8.90. The van der Waals surface area contributed by atoms with Crippen LogP contribution in [-0.4, -0.2) is 32.7 Å². The Labute approximate surface area is 195 Å². The molecule has 1 amide bonds. The first kappa shape index (κ1) is 25.3. The largest absolute Gasteiger partial charge is 0.480 e. The first-order chi connectivity index (χ1) is 14.8. The second kappa shape index (κ2) is 11.6. The van der Waals surface area contributed by atoms with Crippen LogP contribution in [0.25, 0.3) is 0 Å². The minimum atomic E-state index is -1.08. The molecule has 4 nitrogen and oxygen atoms in total. The van der Waals surface area contributed by atoms with Crippen LogP contribution in [0.15, 0.2) is 58.1 Å². The molecule has 2 rings (SSSR count). The number of carbonyl (C=O) groups excluding carboxylic acids is 1. The molecule has 1 fully saturated rings. The molecule has 0 aromatic heterocycles. The third kappa shape index (κ3) is 6.30. The SMILES string of the molecule is CCC1=C(C=CC(C)=CC=CC=C2SC(=S)N(CC(=O)O)C2=O)C(CC)(CC)CCC1. The summed E-state index contributed by atoms with van der Waals surface area (Å²) in [6, 6.07) is 0. The molecule has 0 spiro atoms. The van der Waals surface area contributed by atoms with Gasteiger partial charge in [0.2, 0.25) is 0 Å². The Bertz CT molecular complexity index is 873. The van der Waals surface area contributed by atoms with E-state index in [1.54, 1.807) is 17.7 Å². The lowest BCUT2D eigenvalue weighted by atomic mass is 9.66. The number of amides is 1. The van der Waals surface area contributed by atoms with Crippen molar-refractivity contribution in [3.05, 3.63) is 58.1 Å². The topological polar surface area (TPSA) is 57.6 Å². The van der Waals surface area contributed by atoms with Crippen LogP contribution in [0.4, 0.5) is 0 Å². The van der Waals surface area contributed by atoms with Gasteiger partial charge < -0.3 is 5.11 Å². The fraction of sp³-hybridized carbons (Fsp3) is 0.480. The highest BCUT2D eigenvalue weighted by atomic mass is 32.2. The van der Waals surface area contributed by atoms with Gasteiger partial charge in [-0.2, -0.15) is 0 Å². The summed E-state index contributed by atoms with van der Waals surface area (Å²) in [5.41, 5.74) is 4.57. The molecule has 2 aliphatic rings. The summed E-state index contributed by atoms with van der Waals surface area (Å²) in [5.74, 6) is -1.43. The number of carboxylic acid groups (broad SMARTS) is 1. The van der Waals surface area contributed by atoms with E-state index in [0.29, 0.717) is 10.3 Å². The van der Waals surface area contributed by atoms with Gasteiger partial charge in [-0.05, 0) is 62.5 Å². The normalized spacial score (nSPS) is 21.4. The lowest BCUT2D eigenvalue weighted by molar-refractivity contribution is -0.140. The number of aliphatic carboxylic acids is 1. The Balaban J connectivity index is 2.11. The summed E-state index contributed by atoms with van der Waals surface area (Å²) < 4.78 is 0.282. The Morgan fingerprint density at radius 2 is 1.97 bits per heavy atom. The predicted molar refractivity (Wildman–Crippen MR) is 134 cm³/mol. The third-order valence-corrected chi connectivity index (χ3v) is 7.66. The van der Waals surface area contributed by atoms with E-state index < -0.39 is 12.5 Å². The van der Waals surface area contributed by atoms with Crippen LogP contribution in [0.3, 0.4) is 0 Å². The molecule has 1 N–H and O–H groups in total. The average Bonchev–Trinajstić information content (AvgIpc) is 3.01. The average molecular weight is 460 g/mol. The molecule has 0 bridgehead atoms. The Morgan fingerprint density at radius 3 is 2.58 bits per heavy atom. The standard InChI is InChI=1S/C25H33NO3S2/c1-5-19-12-10-16-25(6-2,7-3)20(19)15-14-18(4)11-8-9-13-21-23(29)26(17-22(27)28)24(30)31-21/h8-9,11,13-15H,5-7,10,12,16-17H2,1-4H3,(H,27,28). The van der Waals surface area contributed by atoms with E-state index in [4.69, 9.17) is 17.3 Å². The Kier molecular flexibility index (Phi) is 9.51. The maximum atomic E-state index is 12.3. The molecule has 168 valence electrons. The van der Waals surface area contributed by atoms with Gasteiger partial charge in [-0.25, -0.2) is 0 Å². The molecule has 6 heteroatoms. The maximum absolute atomic E-state index is 12.3. The molecule has 1 aliphatic carbocycles. The first-order valence-corrected chi connectivity index (χ1v) is 12.2. The summed E-state index contributed by atoms with van der Waals surface area (Å²) >= 11 is 6.23. The van der Waals surface area contributed by atoms with Crippen molar-refractivity contribution in [1.82, 2.24) is 4.90 Å². The number of carbonyl (C=O) groups is 2. The molecular formula is C25H33NO3S2. The second-order valence-corrected chi connectivity index (χ2v) is 9.70. The predicted octanol–water partition coefficient (Wildman–Crippen LogP) is 6.57. The van der Waals surface area contributed by atoms with Crippen LogP contribution in [0.1, 0.15) is 66.2 Å². The smallest absolute Gasteiger partial charge is 0.323 e. The van der Waals surface area contributed by atoms with E-state index in [-0.39, 0.29) is 10.2 Å². The van der Waals surface area contributed by atoms with E-state index >= 15 is 0 Å². The molecular weight excluding hydrogens is 426 g/mol. The van der Waals surface area contributed by atoms with E-state index in [2.05, 4.69) is 39.8 Å². The van der Waals surface area contributed by atoms with Crippen molar-refractivity contribution >= 4 is 40.2 Å². The van der Waals surface area contributed by atoms with Gasteiger partial charge in [-0.15, -0.1) is 0 Å². The first-order valence-electron chi connectivity index (χ1n) is 11.0. The molecule has 1 heterocycles. The van der Waals surface area contributed by atoms with Crippen LogP contribution in [0, 0.1) is 5.41 Å². The lowest BCUT2D eigenvalue weighted by Crippen LogP contribution is -2.33. The zero-order valence-corrected chi connectivity index (χ0v) is 20.6. The summed E-state index contributed by atoms with van der Waals surface area (Å²) in [6.07, 6.45) is 19.1. The fourth-order valence-electron chi connectivity index (χ4n) is 4.34. The van der Waals surface area contributed by atoms with Gasteiger partial charge in [-0.1, -0.05) is 86.3 Å². The van der Waals surface area contributed by atoms with Gasteiger partial charge in [0.25, 0.3) is 5.91 Å². The quantitative estimate of drug-likeness (QED) is 0.240. The minimum absolute atomic E-state index is 0.282. The number of nitrogens with zero attached hydrogens (tertiary/aromatic N) is 1. The number of hydrogen-bond acceptors (Lipinski definition) is 4. The summed E-state index contributed by atoms with van der Waals surface area (Å²) in [7, 11) is 0. The Hall–Kier alpha value is -1.92. The number of thioether (sulfide) groups is 1. The van der Waals surface area contributed by atoms with Crippen LogP contribution >= 0.6 is 24.0 Å². The monoisotopic (exact) mass is 459 g/mol. The molecule has 0 radical (unpaired) electrons. The van der Waals surface area contributed by atoms with Crippen molar-refractivity contribution in [2.75, 3.05) is 6.54 Å². The molecule has 1 saturated heterocycles. The Morgan fingerprint density at radius 1 is 1.26 bits per heavy atom. The van der Waals surface area contributed by atoms with Crippen molar-refractivity contribution < 1.29 is 14.7 Å². The number of carboxylic acids is 1. The highest BCUT2D eigenvalue weighted by Gasteiger charge is 2.34. The number of rotatable bonds is 9. The summed E-state index contributed by atoms with van der Waals surface area (Å²) in [4.78, 5) is 24.7. The fourth-order valence-corrected chi connectivity index (χ4v) is 5.54. The summed E-state index contributed by atoms with van der Waals surface area (Å²) in [6.45, 7) is 8.54. The van der Waals surface area contributed by atoms with Crippen molar-refractivity contribution in [2.24, 2.45) is 5.41 Å². The molecule has 1 aliphatic heterocycles. The van der Waals surface area contributed by atoms with Gasteiger partial charge in [-0.3, -0.25) is 14.5 Å². The highest BCUT2D eigenvalue weighted by molar-refractivity contribution is 8.26. The van der Waals surface area contributed by atoms with Gasteiger partial charge >= 0.3 is 5.97 Å². The minimum Gasteiger partial charge on any atom is -0.480 e. The van der Waals surface area contributed by atoms with Gasteiger partial charge in [0.1, 0.15) is 10.9 Å². The van der Waals surface area contributed by atoms with Gasteiger partial charge in [0.05, 0.1) is 4.91 Å². The molecule has 0 saturated carbocycles. The van der Waals surface area contributed by atoms with Crippen molar-refractivity contribution in [3.8, 4) is 0 Å². The van der Waals surface area contributed by atoms with Crippen molar-refractivity contribution in [3.63, 3.8) is 0 Å². The van der Waals surface area contributed by atoms with Crippen LogP contribution in [0.2, 0.25) is 0 Å². The van der Waals surface area contributed by atoms with Crippen molar-refractivity contribution in [2.45, 2.75) is 66.2 Å². The second-order valence-electron chi connectivity index (χ2n) is 8.02. The van der Waals surface area contributed by atoms with E-state index in [9.17, 15) is 9.59 Å². The van der Waals surface area contributed by atoms with Crippen molar-refractivity contribution in [1.29, 1.82) is 0 Å². The van der Waals surface area contributed by atoms with Crippen LogP contribution in [-0.2, 0) is 9.59 Å². The van der Waals surface area contributed by atoms with E-state index in [0.717, 1.165) is 28.7 Å². The lowest BCUT2D eigenvalue weighted by Gasteiger charge is -2.39.